The van der Waals surface area contributed by atoms with Crippen molar-refractivity contribution in [3.05, 3.63) is 59.9 Å². The second kappa shape index (κ2) is 8.53. The molecule has 2 amide bonds. The fraction of sp³-hybridized carbons (Fsp3) is 0.300. The molecule has 27 heavy (non-hydrogen) atoms. The lowest BCUT2D eigenvalue weighted by molar-refractivity contribution is -0.132. The van der Waals surface area contributed by atoms with Crippen LogP contribution in [0.4, 0.5) is 4.39 Å². The van der Waals surface area contributed by atoms with Crippen LogP contribution in [0, 0.1) is 5.82 Å². The second-order valence-electron chi connectivity index (χ2n) is 6.36. The molecule has 1 unspecified atom stereocenters. The minimum atomic E-state index is -0.396. The number of halogens is 1. The molecule has 7 heteroatoms. The zero-order valence-corrected chi connectivity index (χ0v) is 15.0. The third kappa shape index (κ3) is 5.20. The van der Waals surface area contributed by atoms with Gasteiger partial charge in [0.25, 0.3) is 0 Å². The molecule has 0 bridgehead atoms. The molecule has 1 atom stereocenters. The van der Waals surface area contributed by atoms with Gasteiger partial charge in [0.2, 0.25) is 11.8 Å². The maximum Gasteiger partial charge on any atom is 0.241 e. The number of nitrogens with one attached hydrogen (secondary N) is 1. The number of hydrogen-bond acceptors (Lipinski definition) is 4. The van der Waals surface area contributed by atoms with Gasteiger partial charge in [0.05, 0.1) is 19.5 Å². The molecule has 142 valence electrons. The largest absolute Gasteiger partial charge is 0.486 e. The van der Waals surface area contributed by atoms with E-state index in [-0.39, 0.29) is 30.9 Å². The molecule has 6 nitrogen and oxygen atoms in total. The average molecular weight is 372 g/mol. The number of benzene rings is 2. The summed E-state index contributed by atoms with van der Waals surface area (Å²) in [6, 6.07) is 13.2. The van der Waals surface area contributed by atoms with Crippen LogP contribution in [-0.4, -0.2) is 49.6 Å². The maximum atomic E-state index is 13.1. The van der Waals surface area contributed by atoms with Crippen molar-refractivity contribution >= 4 is 11.8 Å². The van der Waals surface area contributed by atoms with Crippen molar-refractivity contribution in [1.29, 1.82) is 0 Å². The fourth-order valence-electron chi connectivity index (χ4n) is 2.76. The van der Waals surface area contributed by atoms with Crippen LogP contribution in [0.5, 0.6) is 11.5 Å². The summed E-state index contributed by atoms with van der Waals surface area (Å²) >= 11 is 0. The van der Waals surface area contributed by atoms with Gasteiger partial charge in [-0.3, -0.25) is 9.59 Å². The van der Waals surface area contributed by atoms with Gasteiger partial charge in [0.1, 0.15) is 12.4 Å². The number of carbonyl (C=O) groups excluding carboxylic acids is 2. The van der Waals surface area contributed by atoms with Crippen molar-refractivity contribution in [2.45, 2.75) is 12.5 Å². The second-order valence-corrected chi connectivity index (χ2v) is 6.36. The molecule has 1 aliphatic rings. The summed E-state index contributed by atoms with van der Waals surface area (Å²) in [6.45, 7) is 0.558. The van der Waals surface area contributed by atoms with Crippen LogP contribution in [0.2, 0.25) is 0 Å². The molecule has 1 N–H and O–H groups in total. The summed E-state index contributed by atoms with van der Waals surface area (Å²) in [5.74, 6) is 0.358. The maximum absolute atomic E-state index is 13.1. The Balaban J connectivity index is 1.43. The molecule has 0 aromatic heterocycles. The Kier molecular flexibility index (Phi) is 5.90. The third-order valence-corrected chi connectivity index (χ3v) is 4.16. The summed E-state index contributed by atoms with van der Waals surface area (Å²) in [5, 5.41) is 2.56. The summed E-state index contributed by atoms with van der Waals surface area (Å²) in [4.78, 5) is 25.6. The quantitative estimate of drug-likeness (QED) is 0.839. The molecule has 0 fully saturated rings. The van der Waals surface area contributed by atoms with Crippen LogP contribution in [0.1, 0.15) is 5.56 Å². The van der Waals surface area contributed by atoms with Crippen LogP contribution < -0.4 is 14.8 Å². The molecule has 0 saturated carbocycles. The van der Waals surface area contributed by atoms with E-state index in [0.29, 0.717) is 30.2 Å². The highest BCUT2D eigenvalue weighted by Crippen LogP contribution is 2.30. The van der Waals surface area contributed by atoms with Gasteiger partial charge in [-0.15, -0.1) is 0 Å². The Morgan fingerprint density at radius 2 is 1.96 bits per heavy atom. The Morgan fingerprint density at radius 1 is 1.19 bits per heavy atom. The number of rotatable bonds is 6. The molecular weight excluding hydrogens is 351 g/mol. The lowest BCUT2D eigenvalue weighted by Crippen LogP contribution is -2.45. The SMILES string of the molecule is CN(CC1COc2ccccc2O1)C(=O)CNC(=O)Cc1cccc(F)c1. The van der Waals surface area contributed by atoms with Crippen LogP contribution in [-0.2, 0) is 16.0 Å². The first-order valence-electron chi connectivity index (χ1n) is 8.65. The molecule has 2 aromatic carbocycles. The molecule has 1 heterocycles. The molecule has 0 spiro atoms. The van der Waals surface area contributed by atoms with Crippen LogP contribution in [0.3, 0.4) is 0 Å². The van der Waals surface area contributed by atoms with Crippen molar-refractivity contribution < 1.29 is 23.5 Å². The lowest BCUT2D eigenvalue weighted by Gasteiger charge is -2.29. The number of likely N-dealkylation sites (N-methyl/N-ethyl adjacent to an activating group) is 1. The number of amides is 2. The van der Waals surface area contributed by atoms with Crippen LogP contribution in [0.15, 0.2) is 48.5 Å². The van der Waals surface area contributed by atoms with Crippen molar-refractivity contribution in [3.63, 3.8) is 0 Å². The van der Waals surface area contributed by atoms with Crippen LogP contribution in [0.25, 0.3) is 0 Å². The summed E-state index contributed by atoms with van der Waals surface area (Å²) in [6.07, 6.45) is -0.262. The van der Waals surface area contributed by atoms with Crippen molar-refractivity contribution in [2.24, 2.45) is 0 Å². The molecule has 0 saturated heterocycles. The Labute approximate surface area is 156 Å². The Morgan fingerprint density at radius 3 is 2.74 bits per heavy atom. The third-order valence-electron chi connectivity index (χ3n) is 4.16. The predicted molar refractivity (Wildman–Crippen MR) is 97.1 cm³/mol. The van der Waals surface area contributed by atoms with E-state index in [9.17, 15) is 14.0 Å². The highest BCUT2D eigenvalue weighted by atomic mass is 19.1. The summed E-state index contributed by atoms with van der Waals surface area (Å²) in [5.41, 5.74) is 0.555. The smallest absolute Gasteiger partial charge is 0.241 e. The van der Waals surface area contributed by atoms with E-state index in [1.165, 1.54) is 17.0 Å². The zero-order valence-electron chi connectivity index (χ0n) is 15.0. The molecule has 0 radical (unpaired) electrons. The minimum Gasteiger partial charge on any atom is -0.486 e. The topological polar surface area (TPSA) is 67.9 Å². The fourth-order valence-corrected chi connectivity index (χ4v) is 2.76. The van der Waals surface area contributed by atoms with E-state index in [1.807, 2.05) is 24.3 Å². The van der Waals surface area contributed by atoms with Gasteiger partial charge in [-0.2, -0.15) is 0 Å². The minimum absolute atomic E-state index is 0.0190. The predicted octanol–water partition coefficient (Wildman–Crippen LogP) is 1.78. The van der Waals surface area contributed by atoms with Gasteiger partial charge >= 0.3 is 0 Å². The Bertz CT molecular complexity index is 827. The van der Waals surface area contributed by atoms with Crippen molar-refractivity contribution in [1.82, 2.24) is 10.2 Å². The molecule has 3 rings (SSSR count). The Hall–Kier alpha value is -3.09. The number of hydrogen-bond donors (Lipinski definition) is 1. The monoisotopic (exact) mass is 372 g/mol. The normalized spacial score (nSPS) is 15.1. The lowest BCUT2D eigenvalue weighted by atomic mass is 10.1. The van der Waals surface area contributed by atoms with E-state index in [1.54, 1.807) is 19.2 Å². The van der Waals surface area contributed by atoms with Gasteiger partial charge in [-0.25, -0.2) is 4.39 Å². The highest BCUT2D eigenvalue weighted by Gasteiger charge is 2.23. The number of carbonyl (C=O) groups is 2. The first kappa shape index (κ1) is 18.7. The van der Waals surface area contributed by atoms with E-state index in [4.69, 9.17) is 9.47 Å². The van der Waals surface area contributed by atoms with Gasteiger partial charge < -0.3 is 19.7 Å². The molecule has 2 aromatic rings. The van der Waals surface area contributed by atoms with Crippen LogP contribution >= 0.6 is 0 Å². The number of para-hydroxylation sites is 2. The zero-order chi connectivity index (χ0) is 19.2. The van der Waals surface area contributed by atoms with E-state index < -0.39 is 5.82 Å². The molecule has 1 aliphatic heterocycles. The van der Waals surface area contributed by atoms with Crippen molar-refractivity contribution in [2.75, 3.05) is 26.7 Å². The van der Waals surface area contributed by atoms with Gasteiger partial charge in [-0.05, 0) is 29.8 Å². The average Bonchev–Trinajstić information content (AvgIpc) is 2.66. The first-order valence-corrected chi connectivity index (χ1v) is 8.65. The van der Waals surface area contributed by atoms with Gasteiger partial charge in [-0.1, -0.05) is 24.3 Å². The first-order chi connectivity index (χ1) is 13.0. The van der Waals surface area contributed by atoms with E-state index in [0.717, 1.165) is 0 Å². The molecular formula is C20H21FN2O4. The van der Waals surface area contributed by atoms with E-state index in [2.05, 4.69) is 5.32 Å². The number of nitrogens with zero attached hydrogens (tertiary/aromatic N) is 1. The van der Waals surface area contributed by atoms with Crippen molar-refractivity contribution in [3.8, 4) is 11.5 Å². The highest BCUT2D eigenvalue weighted by molar-refractivity contribution is 5.85. The number of ether oxygens (including phenoxy) is 2. The standard InChI is InChI=1S/C20H21FN2O4/c1-23(12-16-13-26-17-7-2-3-8-18(17)27-16)20(25)11-22-19(24)10-14-5-4-6-15(21)9-14/h2-9,16H,10-13H2,1H3,(H,22,24). The number of fused-ring (bicyclic) bond motifs is 1. The summed E-state index contributed by atoms with van der Waals surface area (Å²) < 4.78 is 24.6. The van der Waals surface area contributed by atoms with Gasteiger partial charge in [0.15, 0.2) is 17.6 Å². The van der Waals surface area contributed by atoms with Gasteiger partial charge in [0, 0.05) is 7.05 Å². The van der Waals surface area contributed by atoms with E-state index >= 15 is 0 Å². The summed E-state index contributed by atoms with van der Waals surface area (Å²) in [7, 11) is 1.64. The molecule has 0 aliphatic carbocycles.